The van der Waals surface area contributed by atoms with E-state index < -0.39 is 0 Å². The second kappa shape index (κ2) is 6.92. The third kappa shape index (κ3) is 3.31. The highest BCUT2D eigenvalue weighted by Crippen LogP contribution is 2.36. The first-order chi connectivity index (χ1) is 11.5. The highest BCUT2D eigenvalue weighted by molar-refractivity contribution is 9.10. The molecule has 1 amide bonds. The number of aromatic nitrogens is 1. The van der Waals surface area contributed by atoms with Crippen molar-refractivity contribution in [2.75, 3.05) is 12.0 Å². The summed E-state index contributed by atoms with van der Waals surface area (Å²) in [5, 5.41) is 9.55. The van der Waals surface area contributed by atoms with Crippen molar-refractivity contribution >= 4 is 61.9 Å². The maximum absolute atomic E-state index is 12.7. The molecule has 0 radical (unpaired) electrons. The normalized spacial score (nSPS) is 16.1. The zero-order chi connectivity index (χ0) is 17.3. The van der Waals surface area contributed by atoms with Crippen LogP contribution in [0.2, 0.25) is 0 Å². The van der Waals surface area contributed by atoms with Crippen molar-refractivity contribution in [1.29, 1.82) is 0 Å². The topological polar surface area (TPSA) is 62.7 Å². The molecule has 1 fully saturated rings. The van der Waals surface area contributed by atoms with Gasteiger partial charge in [0.15, 0.2) is 4.32 Å². The number of thiocarbonyl (C=S) groups is 1. The molecule has 1 aromatic heterocycles. The lowest BCUT2D eigenvalue weighted by atomic mass is 10.2. The summed E-state index contributed by atoms with van der Waals surface area (Å²) in [7, 11) is 1.53. The third-order valence-corrected chi connectivity index (χ3v) is 5.19. The fourth-order valence-corrected chi connectivity index (χ4v) is 3.78. The van der Waals surface area contributed by atoms with E-state index in [-0.39, 0.29) is 11.7 Å². The lowest BCUT2D eigenvalue weighted by Crippen LogP contribution is -2.27. The standard InChI is InChI=1S/C16H11BrN2O3S2/c1-22-14-5-3-10(8-18-14)19-15(21)13(24-16(19)23)7-9-2-4-12(20)11(17)6-9/h2-8,20H,1H3. The zero-order valence-corrected chi connectivity index (χ0v) is 15.6. The van der Waals surface area contributed by atoms with Gasteiger partial charge >= 0.3 is 0 Å². The number of phenols is 1. The van der Waals surface area contributed by atoms with E-state index in [1.165, 1.54) is 23.8 Å². The molecule has 1 N–H and O–H groups in total. The van der Waals surface area contributed by atoms with Gasteiger partial charge in [0.1, 0.15) is 5.75 Å². The van der Waals surface area contributed by atoms with Crippen LogP contribution in [0.15, 0.2) is 45.9 Å². The van der Waals surface area contributed by atoms with Crippen LogP contribution in [0.1, 0.15) is 5.56 Å². The third-order valence-electron chi connectivity index (χ3n) is 3.25. The van der Waals surface area contributed by atoms with E-state index in [0.29, 0.717) is 25.3 Å². The molecule has 8 heteroatoms. The Labute approximate surface area is 156 Å². The number of methoxy groups -OCH3 is 1. The van der Waals surface area contributed by atoms with Crippen LogP contribution in [-0.4, -0.2) is 27.4 Å². The van der Waals surface area contributed by atoms with Gasteiger partial charge < -0.3 is 9.84 Å². The number of nitrogens with zero attached hydrogens (tertiary/aromatic N) is 2. The van der Waals surface area contributed by atoms with Crippen LogP contribution in [0.3, 0.4) is 0 Å². The number of hydrogen-bond donors (Lipinski definition) is 1. The van der Waals surface area contributed by atoms with Crippen LogP contribution < -0.4 is 9.64 Å². The number of amides is 1. The number of carbonyl (C=O) groups is 1. The molecular weight excluding hydrogens is 412 g/mol. The predicted molar refractivity (Wildman–Crippen MR) is 102 cm³/mol. The minimum Gasteiger partial charge on any atom is -0.507 e. The molecule has 5 nitrogen and oxygen atoms in total. The van der Waals surface area contributed by atoms with Crippen LogP contribution >= 0.6 is 39.9 Å². The van der Waals surface area contributed by atoms with Crippen LogP contribution in [-0.2, 0) is 4.79 Å². The van der Waals surface area contributed by atoms with Gasteiger partial charge in [-0.05, 0) is 45.8 Å². The van der Waals surface area contributed by atoms with Crippen LogP contribution in [0.25, 0.3) is 6.08 Å². The second-order valence-electron chi connectivity index (χ2n) is 4.79. The van der Waals surface area contributed by atoms with E-state index >= 15 is 0 Å². The predicted octanol–water partition coefficient (Wildman–Crippen LogP) is 3.96. The number of halogens is 1. The van der Waals surface area contributed by atoms with Gasteiger partial charge in [-0.3, -0.25) is 9.69 Å². The molecular formula is C16H11BrN2O3S2. The molecule has 1 saturated heterocycles. The minimum atomic E-state index is -0.207. The van der Waals surface area contributed by atoms with E-state index in [9.17, 15) is 9.90 Å². The molecule has 1 aromatic carbocycles. The van der Waals surface area contributed by atoms with Crippen molar-refractivity contribution in [3.63, 3.8) is 0 Å². The number of benzene rings is 1. The molecule has 0 aliphatic carbocycles. The minimum absolute atomic E-state index is 0.143. The molecule has 0 spiro atoms. The molecule has 1 aliphatic heterocycles. The van der Waals surface area contributed by atoms with Gasteiger partial charge in [-0.25, -0.2) is 4.98 Å². The van der Waals surface area contributed by atoms with Gasteiger partial charge in [-0.2, -0.15) is 0 Å². The van der Waals surface area contributed by atoms with Crippen LogP contribution in [0.4, 0.5) is 5.69 Å². The molecule has 0 bridgehead atoms. The zero-order valence-electron chi connectivity index (χ0n) is 12.4. The molecule has 1 aliphatic rings. The summed E-state index contributed by atoms with van der Waals surface area (Å²) in [6.07, 6.45) is 3.28. The number of carbonyl (C=O) groups excluding carboxylic acids is 1. The van der Waals surface area contributed by atoms with Crippen molar-refractivity contribution in [2.45, 2.75) is 0 Å². The summed E-state index contributed by atoms with van der Waals surface area (Å²) in [5.41, 5.74) is 1.38. The first kappa shape index (κ1) is 16.9. The van der Waals surface area contributed by atoms with E-state index in [1.54, 1.807) is 42.6 Å². The number of ether oxygens (including phenoxy) is 1. The highest BCUT2D eigenvalue weighted by Gasteiger charge is 2.33. The Balaban J connectivity index is 1.90. The summed E-state index contributed by atoms with van der Waals surface area (Å²) in [6.45, 7) is 0. The number of rotatable bonds is 3. The van der Waals surface area contributed by atoms with Crippen LogP contribution in [0.5, 0.6) is 11.6 Å². The average Bonchev–Trinajstić information content (AvgIpc) is 2.85. The summed E-state index contributed by atoms with van der Waals surface area (Å²) >= 11 is 9.80. The van der Waals surface area contributed by atoms with E-state index in [1.807, 2.05) is 0 Å². The molecule has 2 heterocycles. The summed E-state index contributed by atoms with van der Waals surface area (Å²) in [4.78, 5) is 18.7. The molecule has 0 unspecified atom stereocenters. The maximum Gasteiger partial charge on any atom is 0.270 e. The first-order valence-corrected chi connectivity index (χ1v) is 8.78. The Kier molecular flexibility index (Phi) is 4.88. The monoisotopic (exact) mass is 422 g/mol. The molecule has 0 atom stereocenters. The van der Waals surface area contributed by atoms with E-state index in [4.69, 9.17) is 17.0 Å². The van der Waals surface area contributed by atoms with Crippen molar-refractivity contribution < 1.29 is 14.6 Å². The number of phenolic OH excluding ortho intramolecular Hbond substituents is 1. The van der Waals surface area contributed by atoms with Gasteiger partial charge in [0.2, 0.25) is 5.88 Å². The Bertz CT molecular complexity index is 853. The molecule has 24 heavy (non-hydrogen) atoms. The maximum atomic E-state index is 12.7. The number of aromatic hydroxyl groups is 1. The van der Waals surface area contributed by atoms with Gasteiger partial charge in [0.25, 0.3) is 5.91 Å². The fourth-order valence-electron chi connectivity index (χ4n) is 2.08. The first-order valence-electron chi connectivity index (χ1n) is 6.76. The van der Waals surface area contributed by atoms with Gasteiger partial charge in [0, 0.05) is 6.07 Å². The second-order valence-corrected chi connectivity index (χ2v) is 7.32. The highest BCUT2D eigenvalue weighted by atomic mass is 79.9. The van der Waals surface area contributed by atoms with Gasteiger partial charge in [0.05, 0.1) is 28.4 Å². The quantitative estimate of drug-likeness (QED) is 0.596. The Morgan fingerprint density at radius 3 is 2.79 bits per heavy atom. The summed E-state index contributed by atoms with van der Waals surface area (Å²) < 4.78 is 6.02. The molecule has 122 valence electrons. The summed E-state index contributed by atoms with van der Waals surface area (Å²) in [6, 6.07) is 8.42. The lowest BCUT2D eigenvalue weighted by Gasteiger charge is -2.14. The van der Waals surface area contributed by atoms with E-state index in [2.05, 4.69) is 20.9 Å². The fraction of sp³-hybridized carbons (Fsp3) is 0.0625. The Morgan fingerprint density at radius 2 is 2.17 bits per heavy atom. The Morgan fingerprint density at radius 1 is 1.38 bits per heavy atom. The number of pyridine rings is 1. The van der Waals surface area contributed by atoms with Crippen LogP contribution in [0, 0.1) is 0 Å². The number of thioether (sulfide) groups is 1. The number of hydrogen-bond acceptors (Lipinski definition) is 6. The van der Waals surface area contributed by atoms with Crippen molar-refractivity contribution in [3.8, 4) is 11.6 Å². The lowest BCUT2D eigenvalue weighted by molar-refractivity contribution is -0.113. The van der Waals surface area contributed by atoms with Gasteiger partial charge in [-0.1, -0.05) is 30.0 Å². The van der Waals surface area contributed by atoms with Crippen molar-refractivity contribution in [3.05, 3.63) is 51.5 Å². The molecule has 0 saturated carbocycles. The average molecular weight is 423 g/mol. The van der Waals surface area contributed by atoms with E-state index in [0.717, 1.165) is 5.56 Å². The number of anilines is 1. The Hall–Kier alpha value is -1.90. The van der Waals surface area contributed by atoms with Gasteiger partial charge in [-0.15, -0.1) is 0 Å². The SMILES string of the molecule is COc1ccc(N2C(=O)C(=Cc3ccc(O)c(Br)c3)SC2=S)cn1. The summed E-state index contributed by atoms with van der Waals surface area (Å²) in [5.74, 6) is 0.402. The molecule has 2 aromatic rings. The van der Waals surface area contributed by atoms with Crippen molar-refractivity contribution in [1.82, 2.24) is 4.98 Å². The largest absolute Gasteiger partial charge is 0.507 e. The smallest absolute Gasteiger partial charge is 0.270 e. The van der Waals surface area contributed by atoms with Crippen molar-refractivity contribution in [2.24, 2.45) is 0 Å². The molecule has 3 rings (SSSR count).